The molecule has 3 rings (SSSR count). The van der Waals surface area contributed by atoms with Crippen molar-refractivity contribution < 1.29 is 39.4 Å². The summed E-state index contributed by atoms with van der Waals surface area (Å²) in [4.78, 5) is 12.9. The van der Waals surface area contributed by atoms with Crippen molar-refractivity contribution in [2.45, 2.75) is 45.3 Å². The Bertz CT molecular complexity index is 832. The highest BCUT2D eigenvalue weighted by Crippen LogP contribution is 2.36. The van der Waals surface area contributed by atoms with Crippen molar-refractivity contribution in [3.63, 3.8) is 0 Å². The maximum absolute atomic E-state index is 13.4. The molecule has 0 aliphatic carbocycles. The number of carbonyl (C=O) groups excluding carboxylic acids is 1. The molecule has 2 aromatic carbocycles. The van der Waals surface area contributed by atoms with E-state index in [-0.39, 0.29) is 35.1 Å². The zero-order valence-corrected chi connectivity index (χ0v) is 18.7. The van der Waals surface area contributed by atoms with Crippen LogP contribution in [0.4, 0.5) is 18.9 Å². The first-order valence-corrected chi connectivity index (χ1v) is 10.1. The first kappa shape index (κ1) is 24.4. The van der Waals surface area contributed by atoms with Crippen LogP contribution in [0.1, 0.15) is 42.4 Å². The van der Waals surface area contributed by atoms with E-state index in [2.05, 4.69) is 5.32 Å². The number of hydrogen-bond acceptors (Lipinski definition) is 1. The predicted octanol–water partition coefficient (Wildman–Crippen LogP) is 2.55. The second kappa shape index (κ2) is 10.4. The van der Waals surface area contributed by atoms with E-state index < -0.39 is 11.7 Å². The molecule has 7 heteroatoms. The van der Waals surface area contributed by atoms with Crippen molar-refractivity contribution in [1.82, 2.24) is 0 Å². The third-order valence-electron chi connectivity index (χ3n) is 5.70. The number of nitrogens with zero attached hydrogens (tertiary/aromatic N) is 1. The Morgan fingerprint density at radius 3 is 2.20 bits per heavy atom. The van der Waals surface area contributed by atoms with Gasteiger partial charge in [0, 0.05) is 5.56 Å². The van der Waals surface area contributed by atoms with Crippen molar-refractivity contribution in [2.24, 2.45) is 0 Å². The number of carbonyl (C=O) groups is 1. The summed E-state index contributed by atoms with van der Waals surface area (Å²) >= 11 is 0. The maximum atomic E-state index is 13.4. The second-order valence-corrected chi connectivity index (χ2v) is 8.05. The standard InChI is InChI=1S/C23H27F3N2O.BrH/c1-18-10-9-13-20(23(24,25)26)22(18)27-21(29)17-28(14-7-2-3-8-15-28)16-19-11-5-4-6-12-19;/h4-6,9-13H,2-3,7-8,14-17H2,1H3;1H. The molecule has 0 radical (unpaired) electrons. The molecule has 1 fully saturated rings. The third-order valence-corrected chi connectivity index (χ3v) is 5.70. The Morgan fingerprint density at radius 2 is 1.60 bits per heavy atom. The number of benzene rings is 2. The lowest BCUT2D eigenvalue weighted by atomic mass is 10.1. The molecule has 1 amide bonds. The fourth-order valence-corrected chi connectivity index (χ4v) is 4.26. The lowest BCUT2D eigenvalue weighted by molar-refractivity contribution is -0.932. The van der Waals surface area contributed by atoms with Crippen molar-refractivity contribution in [3.8, 4) is 0 Å². The van der Waals surface area contributed by atoms with Gasteiger partial charge in [-0.2, -0.15) is 13.2 Å². The van der Waals surface area contributed by atoms with E-state index >= 15 is 0 Å². The van der Waals surface area contributed by atoms with E-state index in [1.54, 1.807) is 13.0 Å². The normalized spacial score (nSPS) is 16.3. The van der Waals surface area contributed by atoms with Crippen LogP contribution in [0.15, 0.2) is 48.5 Å². The monoisotopic (exact) mass is 484 g/mol. The molecular weight excluding hydrogens is 457 g/mol. The summed E-state index contributed by atoms with van der Waals surface area (Å²) in [7, 11) is 0. The van der Waals surface area contributed by atoms with Gasteiger partial charge in [-0.05, 0) is 44.2 Å². The lowest BCUT2D eigenvalue weighted by Gasteiger charge is -2.37. The average molecular weight is 485 g/mol. The molecule has 1 aliphatic heterocycles. The molecule has 1 saturated heterocycles. The number of hydrogen-bond donors (Lipinski definition) is 1. The number of alkyl halides is 3. The summed E-state index contributed by atoms with van der Waals surface area (Å²) in [5.41, 5.74) is 0.640. The Labute approximate surface area is 186 Å². The van der Waals surface area contributed by atoms with Crippen molar-refractivity contribution in [2.75, 3.05) is 25.0 Å². The highest BCUT2D eigenvalue weighted by molar-refractivity contribution is 5.93. The van der Waals surface area contributed by atoms with Gasteiger partial charge in [-0.15, -0.1) is 0 Å². The van der Waals surface area contributed by atoms with E-state index in [9.17, 15) is 18.0 Å². The van der Waals surface area contributed by atoms with E-state index in [1.165, 1.54) is 6.07 Å². The van der Waals surface area contributed by atoms with Crippen LogP contribution in [0, 0.1) is 6.92 Å². The summed E-state index contributed by atoms with van der Waals surface area (Å²) < 4.78 is 40.8. The van der Waals surface area contributed by atoms with Crippen LogP contribution in [0.3, 0.4) is 0 Å². The molecule has 1 aliphatic rings. The molecule has 1 heterocycles. The van der Waals surface area contributed by atoms with Crippen LogP contribution >= 0.6 is 0 Å². The van der Waals surface area contributed by atoms with Gasteiger partial charge >= 0.3 is 6.18 Å². The molecule has 0 atom stereocenters. The number of rotatable bonds is 5. The third kappa shape index (κ3) is 6.32. The average Bonchev–Trinajstić information content (AvgIpc) is 2.88. The molecule has 0 unspecified atom stereocenters. The molecule has 0 saturated carbocycles. The van der Waals surface area contributed by atoms with Crippen LogP contribution in [0.2, 0.25) is 0 Å². The minimum atomic E-state index is -4.51. The van der Waals surface area contributed by atoms with E-state index in [0.29, 0.717) is 16.6 Å². The molecule has 3 nitrogen and oxygen atoms in total. The minimum absolute atomic E-state index is 0. The number of halogens is 4. The van der Waals surface area contributed by atoms with Gasteiger partial charge in [-0.3, -0.25) is 4.79 Å². The predicted molar refractivity (Wildman–Crippen MR) is 108 cm³/mol. The van der Waals surface area contributed by atoms with E-state index in [0.717, 1.165) is 50.4 Å². The van der Waals surface area contributed by atoms with Crippen LogP contribution < -0.4 is 22.3 Å². The van der Waals surface area contributed by atoms with Gasteiger partial charge in [-0.1, -0.05) is 42.5 Å². The van der Waals surface area contributed by atoms with Gasteiger partial charge in [0.2, 0.25) is 0 Å². The van der Waals surface area contributed by atoms with Crippen LogP contribution in [0.25, 0.3) is 0 Å². The molecule has 30 heavy (non-hydrogen) atoms. The number of quaternary nitrogens is 1. The first-order chi connectivity index (χ1) is 13.8. The maximum Gasteiger partial charge on any atom is 0.418 e. The minimum Gasteiger partial charge on any atom is -1.00 e. The van der Waals surface area contributed by atoms with Crippen molar-refractivity contribution >= 4 is 11.6 Å². The molecule has 0 bridgehead atoms. The zero-order valence-electron chi connectivity index (χ0n) is 17.1. The Hall–Kier alpha value is -1.86. The summed E-state index contributed by atoms with van der Waals surface area (Å²) in [5, 5.41) is 2.59. The molecule has 1 N–H and O–H groups in total. The number of likely N-dealkylation sites (tertiary alicyclic amines) is 1. The zero-order chi connectivity index (χ0) is 20.9. The summed E-state index contributed by atoms with van der Waals surface area (Å²) in [6.45, 7) is 4.21. The SMILES string of the molecule is Cc1cccc(C(F)(F)F)c1NC(=O)C[N+]1(Cc2ccccc2)CCCCCC1.[Br-]. The fraction of sp³-hybridized carbons (Fsp3) is 0.435. The number of para-hydroxylation sites is 1. The smallest absolute Gasteiger partial charge is 0.418 e. The number of nitrogens with one attached hydrogen (secondary N) is 1. The van der Waals surface area contributed by atoms with Crippen LogP contribution in [-0.4, -0.2) is 30.0 Å². The number of amides is 1. The quantitative estimate of drug-likeness (QED) is 0.649. The largest absolute Gasteiger partial charge is 1.00 e. The van der Waals surface area contributed by atoms with Crippen LogP contribution in [0.5, 0.6) is 0 Å². The van der Waals surface area contributed by atoms with E-state index in [4.69, 9.17) is 0 Å². The Morgan fingerprint density at radius 1 is 0.967 bits per heavy atom. The fourth-order valence-electron chi connectivity index (χ4n) is 4.26. The van der Waals surface area contributed by atoms with Gasteiger partial charge in [0.05, 0.1) is 24.3 Å². The number of anilines is 1. The van der Waals surface area contributed by atoms with Gasteiger partial charge in [0.1, 0.15) is 6.54 Å². The molecule has 0 spiro atoms. The molecular formula is C23H28BrF3N2O. The summed E-state index contributed by atoms with van der Waals surface area (Å²) in [5.74, 6) is -0.359. The van der Waals surface area contributed by atoms with Gasteiger partial charge in [-0.25, -0.2) is 0 Å². The first-order valence-electron chi connectivity index (χ1n) is 10.1. The number of aryl methyl sites for hydroxylation is 1. The molecule has 2 aromatic rings. The summed E-state index contributed by atoms with van der Waals surface area (Å²) in [6, 6.07) is 14.0. The van der Waals surface area contributed by atoms with Gasteiger partial charge in [0.25, 0.3) is 5.91 Å². The second-order valence-electron chi connectivity index (χ2n) is 8.05. The highest BCUT2D eigenvalue weighted by atomic mass is 79.9. The van der Waals surface area contributed by atoms with E-state index in [1.807, 2.05) is 30.3 Å². The molecule has 164 valence electrons. The van der Waals surface area contributed by atoms with Gasteiger partial charge in [0.15, 0.2) is 6.54 Å². The lowest BCUT2D eigenvalue weighted by Crippen LogP contribution is -3.00. The summed E-state index contributed by atoms with van der Waals surface area (Å²) in [6.07, 6.45) is -0.192. The topological polar surface area (TPSA) is 29.1 Å². The highest BCUT2D eigenvalue weighted by Gasteiger charge is 2.36. The van der Waals surface area contributed by atoms with Gasteiger partial charge < -0.3 is 26.8 Å². The van der Waals surface area contributed by atoms with Crippen molar-refractivity contribution in [3.05, 3.63) is 65.2 Å². The van der Waals surface area contributed by atoms with Crippen molar-refractivity contribution in [1.29, 1.82) is 0 Å². The molecule has 0 aromatic heterocycles. The Kier molecular flexibility index (Phi) is 8.50. The van der Waals surface area contributed by atoms with Crippen LogP contribution in [-0.2, 0) is 17.5 Å². The Balaban J connectivity index is 0.00000320.